The third-order valence-electron chi connectivity index (χ3n) is 3.58. The highest BCUT2D eigenvalue weighted by Crippen LogP contribution is 2.25. The van der Waals surface area contributed by atoms with Crippen molar-refractivity contribution in [3.05, 3.63) is 59.7 Å². The van der Waals surface area contributed by atoms with Gasteiger partial charge >= 0.3 is 5.97 Å². The average Bonchev–Trinajstić information content (AvgIpc) is 2.70. The van der Waals surface area contributed by atoms with E-state index in [4.69, 9.17) is 18.9 Å². The van der Waals surface area contributed by atoms with Crippen LogP contribution in [0.5, 0.6) is 17.2 Å². The number of methoxy groups -OCH3 is 3. The molecule has 26 heavy (non-hydrogen) atoms. The Morgan fingerprint density at radius 2 is 1.54 bits per heavy atom. The van der Waals surface area contributed by atoms with Crippen LogP contribution in [0.15, 0.2) is 48.5 Å². The van der Waals surface area contributed by atoms with Gasteiger partial charge in [0.15, 0.2) is 6.61 Å². The van der Waals surface area contributed by atoms with E-state index in [1.807, 2.05) is 0 Å². The Kier molecular flexibility index (Phi) is 6.79. The summed E-state index contributed by atoms with van der Waals surface area (Å²) < 4.78 is 20.3. The van der Waals surface area contributed by atoms with E-state index < -0.39 is 5.97 Å². The van der Waals surface area contributed by atoms with Crippen molar-refractivity contribution >= 4 is 17.8 Å². The molecule has 2 rings (SSSR count). The smallest absolute Gasteiger partial charge is 0.331 e. The molecule has 0 aliphatic carbocycles. The van der Waals surface area contributed by atoms with Crippen molar-refractivity contribution in [1.29, 1.82) is 0 Å². The van der Waals surface area contributed by atoms with E-state index in [9.17, 15) is 9.59 Å². The minimum absolute atomic E-state index is 0.320. The fraction of sp³-hybridized carbons (Fsp3) is 0.200. The summed E-state index contributed by atoms with van der Waals surface area (Å²) in [6.45, 7) is -0.380. The lowest BCUT2D eigenvalue weighted by Crippen LogP contribution is -2.13. The maximum atomic E-state index is 12.2. The topological polar surface area (TPSA) is 71.1 Å². The largest absolute Gasteiger partial charge is 0.497 e. The number of esters is 1. The fourth-order valence-electron chi connectivity index (χ4n) is 2.17. The summed E-state index contributed by atoms with van der Waals surface area (Å²) in [5.41, 5.74) is 1.13. The van der Waals surface area contributed by atoms with Gasteiger partial charge in [-0.05, 0) is 35.9 Å². The molecule has 0 fully saturated rings. The molecule has 0 unspecified atom stereocenters. The number of rotatable bonds is 8. The highest BCUT2D eigenvalue weighted by Gasteiger charge is 2.14. The Morgan fingerprint density at radius 3 is 2.15 bits per heavy atom. The van der Waals surface area contributed by atoms with Crippen LogP contribution >= 0.6 is 0 Å². The van der Waals surface area contributed by atoms with E-state index >= 15 is 0 Å². The van der Waals surface area contributed by atoms with Crippen molar-refractivity contribution in [2.24, 2.45) is 0 Å². The van der Waals surface area contributed by atoms with Crippen LogP contribution in [0, 0.1) is 0 Å². The van der Waals surface area contributed by atoms with E-state index in [0.717, 1.165) is 11.3 Å². The van der Waals surface area contributed by atoms with Crippen molar-refractivity contribution in [1.82, 2.24) is 0 Å². The maximum Gasteiger partial charge on any atom is 0.331 e. The lowest BCUT2D eigenvalue weighted by atomic mass is 10.1. The van der Waals surface area contributed by atoms with E-state index in [1.165, 1.54) is 20.3 Å². The molecule has 0 aliphatic heterocycles. The summed E-state index contributed by atoms with van der Waals surface area (Å²) in [6.07, 6.45) is 2.86. The zero-order valence-electron chi connectivity index (χ0n) is 14.9. The number of ether oxygens (including phenoxy) is 4. The Bertz CT molecular complexity index is 792. The molecule has 0 saturated heterocycles. The summed E-state index contributed by atoms with van der Waals surface area (Å²) in [4.78, 5) is 24.0. The molecule has 0 amide bonds. The van der Waals surface area contributed by atoms with E-state index in [2.05, 4.69) is 0 Å². The van der Waals surface area contributed by atoms with Gasteiger partial charge in [-0.3, -0.25) is 4.79 Å². The van der Waals surface area contributed by atoms with E-state index in [0.29, 0.717) is 17.1 Å². The van der Waals surface area contributed by atoms with Crippen LogP contribution in [0.4, 0.5) is 0 Å². The molecule has 0 N–H and O–H groups in total. The minimum Gasteiger partial charge on any atom is -0.497 e. The first-order chi connectivity index (χ1) is 12.6. The van der Waals surface area contributed by atoms with Crippen LogP contribution in [0.25, 0.3) is 6.08 Å². The van der Waals surface area contributed by atoms with Crippen LogP contribution in [-0.4, -0.2) is 39.7 Å². The number of hydrogen-bond acceptors (Lipinski definition) is 6. The lowest BCUT2D eigenvalue weighted by Gasteiger charge is -2.09. The maximum absolute atomic E-state index is 12.2. The summed E-state index contributed by atoms with van der Waals surface area (Å²) in [5.74, 6) is 0.679. The zero-order chi connectivity index (χ0) is 18.9. The van der Waals surface area contributed by atoms with Gasteiger partial charge in [-0.2, -0.15) is 0 Å². The number of ketones is 1. The summed E-state index contributed by atoms with van der Waals surface area (Å²) in [5, 5.41) is 0. The van der Waals surface area contributed by atoms with Crippen molar-refractivity contribution < 1.29 is 28.5 Å². The minimum atomic E-state index is -0.610. The van der Waals surface area contributed by atoms with Crippen LogP contribution in [0.2, 0.25) is 0 Å². The van der Waals surface area contributed by atoms with Gasteiger partial charge in [-0.1, -0.05) is 12.1 Å². The first-order valence-corrected chi connectivity index (χ1v) is 7.81. The van der Waals surface area contributed by atoms with Gasteiger partial charge in [-0.25, -0.2) is 4.79 Å². The van der Waals surface area contributed by atoms with Gasteiger partial charge in [-0.15, -0.1) is 0 Å². The van der Waals surface area contributed by atoms with E-state index in [1.54, 1.807) is 55.7 Å². The van der Waals surface area contributed by atoms with Gasteiger partial charge in [0.1, 0.15) is 17.2 Å². The van der Waals surface area contributed by atoms with Crippen LogP contribution in [0.1, 0.15) is 15.9 Å². The first-order valence-electron chi connectivity index (χ1n) is 7.81. The molecular formula is C20H20O6. The zero-order valence-corrected chi connectivity index (χ0v) is 14.9. The predicted molar refractivity (Wildman–Crippen MR) is 96.9 cm³/mol. The predicted octanol–water partition coefficient (Wildman–Crippen LogP) is 3.15. The van der Waals surface area contributed by atoms with Crippen LogP contribution < -0.4 is 14.2 Å². The fourth-order valence-corrected chi connectivity index (χ4v) is 2.17. The summed E-state index contributed by atoms with van der Waals surface area (Å²) in [7, 11) is 4.55. The number of Topliss-reactive ketones (excluding diaryl/α,β-unsaturated/α-hetero) is 1. The Hall–Kier alpha value is -3.28. The Morgan fingerprint density at radius 1 is 0.885 bits per heavy atom. The highest BCUT2D eigenvalue weighted by atomic mass is 16.5. The lowest BCUT2D eigenvalue weighted by molar-refractivity contribution is -0.136. The number of hydrogen-bond donors (Lipinski definition) is 0. The molecule has 0 saturated carbocycles. The van der Waals surface area contributed by atoms with Gasteiger partial charge in [0.25, 0.3) is 0 Å². The van der Waals surface area contributed by atoms with Crippen molar-refractivity contribution in [2.75, 3.05) is 27.9 Å². The van der Waals surface area contributed by atoms with Gasteiger partial charge < -0.3 is 18.9 Å². The molecule has 136 valence electrons. The second kappa shape index (κ2) is 9.27. The summed E-state index contributed by atoms with van der Waals surface area (Å²) >= 11 is 0. The number of carbonyl (C=O) groups excluding carboxylic acids is 2. The molecule has 0 bridgehead atoms. The van der Waals surface area contributed by atoms with Gasteiger partial charge in [0.05, 0.1) is 26.9 Å². The molecule has 0 aliphatic rings. The molecule has 2 aromatic carbocycles. The average molecular weight is 356 g/mol. The molecule has 0 atom stereocenters. The second-order valence-corrected chi connectivity index (χ2v) is 5.20. The monoisotopic (exact) mass is 356 g/mol. The molecule has 0 spiro atoms. The molecule has 0 aromatic heterocycles. The molecule has 2 aromatic rings. The quantitative estimate of drug-likeness (QED) is 0.411. The van der Waals surface area contributed by atoms with Crippen molar-refractivity contribution in [2.45, 2.75) is 0 Å². The molecular weight excluding hydrogens is 336 g/mol. The second-order valence-electron chi connectivity index (χ2n) is 5.20. The Labute approximate surface area is 151 Å². The highest BCUT2D eigenvalue weighted by molar-refractivity contribution is 6.01. The third-order valence-corrected chi connectivity index (χ3v) is 3.58. The number of carbonyl (C=O) groups is 2. The van der Waals surface area contributed by atoms with Crippen molar-refractivity contribution in [3.63, 3.8) is 0 Å². The standard InChI is InChI=1S/C20H20O6/c1-23-15-7-4-14(5-8-15)6-11-20(22)26-13-18(21)17-10-9-16(24-2)12-19(17)25-3/h4-12H,13H2,1-3H3/b11-6+. The molecule has 0 heterocycles. The SMILES string of the molecule is COc1ccc(/C=C/C(=O)OCC(=O)c2ccc(OC)cc2OC)cc1. The normalized spacial score (nSPS) is 10.4. The van der Waals surface area contributed by atoms with Crippen LogP contribution in [-0.2, 0) is 9.53 Å². The van der Waals surface area contributed by atoms with Gasteiger partial charge in [0.2, 0.25) is 5.78 Å². The van der Waals surface area contributed by atoms with Crippen molar-refractivity contribution in [3.8, 4) is 17.2 Å². The Balaban J connectivity index is 1.94. The molecule has 6 heteroatoms. The van der Waals surface area contributed by atoms with Crippen LogP contribution in [0.3, 0.4) is 0 Å². The number of benzene rings is 2. The van der Waals surface area contributed by atoms with E-state index in [-0.39, 0.29) is 12.4 Å². The molecule has 6 nitrogen and oxygen atoms in total. The summed E-state index contributed by atoms with van der Waals surface area (Å²) in [6, 6.07) is 12.0. The van der Waals surface area contributed by atoms with Gasteiger partial charge in [0, 0.05) is 12.1 Å². The molecule has 0 radical (unpaired) electrons. The third kappa shape index (κ3) is 5.11. The first kappa shape index (κ1) is 19.1.